The highest BCUT2D eigenvalue weighted by molar-refractivity contribution is 5.72. The minimum atomic E-state index is -0.182. The maximum absolute atomic E-state index is 11.1. The van der Waals surface area contributed by atoms with E-state index < -0.39 is 0 Å². The maximum atomic E-state index is 11.1. The third kappa shape index (κ3) is 2.59. The summed E-state index contributed by atoms with van der Waals surface area (Å²) in [4.78, 5) is 11.1. The number of carbonyl (C=O) groups is 1. The molecule has 14 heavy (non-hydrogen) atoms. The lowest BCUT2D eigenvalue weighted by Crippen LogP contribution is -2.07. The van der Waals surface area contributed by atoms with Gasteiger partial charge in [0.2, 0.25) is 0 Å². The van der Waals surface area contributed by atoms with Crippen molar-refractivity contribution in [1.82, 2.24) is 0 Å². The summed E-state index contributed by atoms with van der Waals surface area (Å²) in [5.41, 5.74) is 2.28. The fourth-order valence-corrected chi connectivity index (χ4v) is 1.49. The van der Waals surface area contributed by atoms with E-state index in [-0.39, 0.29) is 5.97 Å². The van der Waals surface area contributed by atoms with E-state index in [2.05, 4.69) is 24.7 Å². The first-order chi connectivity index (χ1) is 6.65. The molecule has 0 amide bonds. The van der Waals surface area contributed by atoms with Crippen LogP contribution in [0.3, 0.4) is 0 Å². The zero-order chi connectivity index (χ0) is 10.6. The van der Waals surface area contributed by atoms with Gasteiger partial charge in [-0.15, -0.1) is 0 Å². The number of hydrogen-bond donors (Lipinski definition) is 0. The van der Waals surface area contributed by atoms with Gasteiger partial charge in [0.15, 0.2) is 0 Å². The minimum Gasteiger partial charge on any atom is -0.469 e. The summed E-state index contributed by atoms with van der Waals surface area (Å²) in [6.45, 7) is 4.24. The van der Waals surface area contributed by atoms with Crippen LogP contribution in [0.15, 0.2) is 24.3 Å². The van der Waals surface area contributed by atoms with E-state index in [0.717, 1.165) is 5.56 Å². The monoisotopic (exact) mass is 192 g/mol. The summed E-state index contributed by atoms with van der Waals surface area (Å²) in [7, 11) is 1.42. The van der Waals surface area contributed by atoms with Crippen molar-refractivity contribution in [3.05, 3.63) is 35.4 Å². The molecule has 1 rings (SSSR count). The predicted molar refractivity (Wildman–Crippen MR) is 56.3 cm³/mol. The Morgan fingerprint density at radius 1 is 1.36 bits per heavy atom. The summed E-state index contributed by atoms with van der Waals surface area (Å²) >= 11 is 0. The van der Waals surface area contributed by atoms with Crippen LogP contribution in [0.25, 0.3) is 0 Å². The summed E-state index contributed by atoms with van der Waals surface area (Å²) in [5, 5.41) is 0. The summed E-state index contributed by atoms with van der Waals surface area (Å²) in [5.74, 6) is 0.258. The molecule has 0 saturated heterocycles. The SMILES string of the molecule is COC(=O)Cc1ccccc1C(C)C. The molecule has 0 unspecified atom stereocenters. The van der Waals surface area contributed by atoms with Crippen molar-refractivity contribution < 1.29 is 9.53 Å². The molecule has 0 atom stereocenters. The lowest BCUT2D eigenvalue weighted by atomic mass is 9.95. The molecule has 0 spiro atoms. The summed E-state index contributed by atoms with van der Waals surface area (Å²) in [6.07, 6.45) is 0.366. The second-order valence-corrected chi connectivity index (χ2v) is 3.61. The van der Waals surface area contributed by atoms with Crippen LogP contribution in [0.1, 0.15) is 30.9 Å². The number of benzene rings is 1. The lowest BCUT2D eigenvalue weighted by molar-refractivity contribution is -0.139. The van der Waals surface area contributed by atoms with E-state index in [0.29, 0.717) is 12.3 Å². The highest BCUT2D eigenvalue weighted by Gasteiger charge is 2.09. The van der Waals surface area contributed by atoms with Gasteiger partial charge in [0.25, 0.3) is 0 Å². The lowest BCUT2D eigenvalue weighted by Gasteiger charge is -2.11. The van der Waals surface area contributed by atoms with Gasteiger partial charge in [-0.05, 0) is 17.0 Å². The molecule has 0 fully saturated rings. The highest BCUT2D eigenvalue weighted by atomic mass is 16.5. The van der Waals surface area contributed by atoms with Crippen molar-refractivity contribution in [2.45, 2.75) is 26.2 Å². The van der Waals surface area contributed by atoms with Gasteiger partial charge in [-0.25, -0.2) is 0 Å². The van der Waals surface area contributed by atoms with Gasteiger partial charge in [0.05, 0.1) is 13.5 Å². The molecule has 76 valence electrons. The van der Waals surface area contributed by atoms with Gasteiger partial charge in [0.1, 0.15) is 0 Å². The van der Waals surface area contributed by atoms with Crippen LogP contribution in [0.2, 0.25) is 0 Å². The molecule has 0 N–H and O–H groups in total. The van der Waals surface area contributed by atoms with Crippen LogP contribution < -0.4 is 0 Å². The van der Waals surface area contributed by atoms with Crippen LogP contribution in [0, 0.1) is 0 Å². The molecule has 0 saturated carbocycles. The number of esters is 1. The first-order valence-electron chi connectivity index (χ1n) is 4.79. The Morgan fingerprint density at radius 2 is 2.00 bits per heavy atom. The Morgan fingerprint density at radius 3 is 2.57 bits per heavy atom. The molecule has 0 aliphatic rings. The average molecular weight is 192 g/mol. The number of carbonyl (C=O) groups excluding carboxylic acids is 1. The van der Waals surface area contributed by atoms with Crippen molar-refractivity contribution in [3.8, 4) is 0 Å². The number of methoxy groups -OCH3 is 1. The summed E-state index contributed by atoms with van der Waals surface area (Å²) < 4.78 is 4.65. The second-order valence-electron chi connectivity index (χ2n) is 3.61. The third-order valence-electron chi connectivity index (χ3n) is 2.24. The van der Waals surface area contributed by atoms with Gasteiger partial charge in [-0.1, -0.05) is 38.1 Å². The Labute approximate surface area is 84.9 Å². The van der Waals surface area contributed by atoms with E-state index in [4.69, 9.17) is 0 Å². The number of rotatable bonds is 3. The Kier molecular flexibility index (Phi) is 3.69. The van der Waals surface area contributed by atoms with Crippen molar-refractivity contribution >= 4 is 5.97 Å². The van der Waals surface area contributed by atoms with Crippen LogP contribution in [0.4, 0.5) is 0 Å². The number of ether oxygens (including phenoxy) is 1. The van der Waals surface area contributed by atoms with Gasteiger partial charge in [0, 0.05) is 0 Å². The van der Waals surface area contributed by atoms with Gasteiger partial charge in [-0.3, -0.25) is 4.79 Å². The van der Waals surface area contributed by atoms with Gasteiger partial charge in [-0.2, -0.15) is 0 Å². The Hall–Kier alpha value is -1.31. The smallest absolute Gasteiger partial charge is 0.309 e. The molecule has 0 aliphatic heterocycles. The van der Waals surface area contributed by atoms with Crippen molar-refractivity contribution in [2.24, 2.45) is 0 Å². The van der Waals surface area contributed by atoms with Crippen molar-refractivity contribution in [1.29, 1.82) is 0 Å². The molecular formula is C12H16O2. The molecule has 0 heterocycles. The molecule has 0 aromatic heterocycles. The highest BCUT2D eigenvalue weighted by Crippen LogP contribution is 2.19. The molecule has 0 aliphatic carbocycles. The number of hydrogen-bond acceptors (Lipinski definition) is 2. The standard InChI is InChI=1S/C12H16O2/c1-9(2)11-7-5-4-6-10(11)8-12(13)14-3/h4-7,9H,8H2,1-3H3. The largest absolute Gasteiger partial charge is 0.469 e. The van der Waals surface area contributed by atoms with Crippen LogP contribution in [-0.4, -0.2) is 13.1 Å². The first-order valence-corrected chi connectivity index (χ1v) is 4.79. The molecule has 2 heteroatoms. The van der Waals surface area contributed by atoms with E-state index in [1.807, 2.05) is 18.2 Å². The third-order valence-corrected chi connectivity index (χ3v) is 2.24. The fraction of sp³-hybridized carbons (Fsp3) is 0.417. The molecule has 0 radical (unpaired) electrons. The van der Waals surface area contributed by atoms with Crippen molar-refractivity contribution in [2.75, 3.05) is 7.11 Å². The van der Waals surface area contributed by atoms with E-state index in [9.17, 15) is 4.79 Å². The molecular weight excluding hydrogens is 176 g/mol. The Bertz CT molecular complexity index is 316. The van der Waals surface area contributed by atoms with Crippen LogP contribution in [0.5, 0.6) is 0 Å². The molecule has 1 aromatic rings. The normalized spacial score (nSPS) is 10.3. The molecule has 2 nitrogen and oxygen atoms in total. The van der Waals surface area contributed by atoms with E-state index in [1.54, 1.807) is 0 Å². The van der Waals surface area contributed by atoms with Crippen LogP contribution >= 0.6 is 0 Å². The van der Waals surface area contributed by atoms with Gasteiger partial charge < -0.3 is 4.74 Å². The average Bonchev–Trinajstić information content (AvgIpc) is 2.18. The van der Waals surface area contributed by atoms with E-state index in [1.165, 1.54) is 12.7 Å². The Balaban J connectivity index is 2.90. The topological polar surface area (TPSA) is 26.3 Å². The zero-order valence-electron chi connectivity index (χ0n) is 8.91. The maximum Gasteiger partial charge on any atom is 0.309 e. The molecule has 0 bridgehead atoms. The quantitative estimate of drug-likeness (QED) is 0.688. The zero-order valence-corrected chi connectivity index (χ0v) is 8.91. The predicted octanol–water partition coefficient (Wildman–Crippen LogP) is 2.53. The summed E-state index contributed by atoms with van der Waals surface area (Å²) in [6, 6.07) is 7.98. The molecule has 1 aromatic carbocycles. The second kappa shape index (κ2) is 4.80. The minimum absolute atomic E-state index is 0.182. The van der Waals surface area contributed by atoms with Crippen LogP contribution in [-0.2, 0) is 16.0 Å². The first kappa shape index (κ1) is 10.8. The van der Waals surface area contributed by atoms with Crippen molar-refractivity contribution in [3.63, 3.8) is 0 Å². The fourth-order valence-electron chi connectivity index (χ4n) is 1.49. The van der Waals surface area contributed by atoms with E-state index >= 15 is 0 Å². The van der Waals surface area contributed by atoms with Gasteiger partial charge >= 0.3 is 5.97 Å².